The van der Waals surface area contributed by atoms with Crippen LogP contribution in [0.5, 0.6) is 0 Å². The van der Waals surface area contributed by atoms with Crippen LogP contribution in [0.1, 0.15) is 36.5 Å². The lowest BCUT2D eigenvalue weighted by Gasteiger charge is -2.30. The lowest BCUT2D eigenvalue weighted by molar-refractivity contribution is -0.146. The summed E-state index contributed by atoms with van der Waals surface area (Å²) >= 11 is 0. The van der Waals surface area contributed by atoms with Crippen molar-refractivity contribution in [1.82, 2.24) is 10.0 Å². The summed E-state index contributed by atoms with van der Waals surface area (Å²) in [6.07, 6.45) is 3.46. The molecule has 1 heterocycles. The van der Waals surface area contributed by atoms with Gasteiger partial charge in [0.05, 0.1) is 10.5 Å². The number of benzene rings is 1. The molecule has 7 heteroatoms. The van der Waals surface area contributed by atoms with Crippen LogP contribution in [-0.2, 0) is 14.6 Å². The highest BCUT2D eigenvalue weighted by Crippen LogP contribution is 2.47. The molecule has 1 saturated heterocycles. The Kier molecular flexibility index (Phi) is 3.71. The van der Waals surface area contributed by atoms with E-state index in [9.17, 15) is 18.0 Å². The molecule has 0 N–H and O–H groups in total. The molecule has 1 aliphatic carbocycles. The third-order valence-electron chi connectivity index (χ3n) is 4.53. The largest absolute Gasteiger partial charge is 0.273 e. The molecule has 0 spiro atoms. The molecule has 124 valence electrons. The first-order valence-corrected chi connectivity index (χ1v) is 9.56. The Morgan fingerprint density at radius 3 is 2.30 bits per heavy atom. The van der Waals surface area contributed by atoms with Crippen LogP contribution >= 0.6 is 0 Å². The van der Waals surface area contributed by atoms with E-state index in [1.54, 1.807) is 12.1 Å². The first-order valence-electron chi connectivity index (χ1n) is 7.67. The number of hydrazine groups is 1. The fourth-order valence-electron chi connectivity index (χ4n) is 2.85. The van der Waals surface area contributed by atoms with Crippen molar-refractivity contribution >= 4 is 21.7 Å². The standard InChI is InChI=1S/C16H20N2O4S/c1-16(8-9-16)15(20)18-11-5-10-17(18)14(19)12-6-3-4-7-13(12)23(2,21)22/h3-4,6-7H,5,8-11H2,1-2H3. The van der Waals surface area contributed by atoms with Gasteiger partial charge in [-0.2, -0.15) is 0 Å². The van der Waals surface area contributed by atoms with Gasteiger partial charge in [0.15, 0.2) is 9.84 Å². The third kappa shape index (κ3) is 2.85. The summed E-state index contributed by atoms with van der Waals surface area (Å²) in [4.78, 5) is 25.4. The minimum Gasteiger partial charge on any atom is -0.272 e. The number of hydrogen-bond donors (Lipinski definition) is 0. The average molecular weight is 336 g/mol. The number of rotatable bonds is 3. The molecule has 1 aromatic carbocycles. The van der Waals surface area contributed by atoms with E-state index in [1.807, 2.05) is 6.92 Å². The van der Waals surface area contributed by atoms with Crippen molar-refractivity contribution in [2.75, 3.05) is 19.3 Å². The van der Waals surface area contributed by atoms with Crippen molar-refractivity contribution in [3.8, 4) is 0 Å². The maximum Gasteiger partial charge on any atom is 0.273 e. The van der Waals surface area contributed by atoms with Gasteiger partial charge in [-0.25, -0.2) is 13.4 Å². The lowest BCUT2D eigenvalue weighted by Crippen LogP contribution is -2.47. The van der Waals surface area contributed by atoms with Crippen molar-refractivity contribution in [3.05, 3.63) is 29.8 Å². The van der Waals surface area contributed by atoms with Gasteiger partial charge in [0, 0.05) is 24.8 Å². The molecule has 2 aliphatic rings. The summed E-state index contributed by atoms with van der Waals surface area (Å²) in [5.41, 5.74) is -0.241. The summed E-state index contributed by atoms with van der Waals surface area (Å²) < 4.78 is 23.8. The van der Waals surface area contributed by atoms with Crippen LogP contribution in [-0.4, -0.2) is 49.6 Å². The molecule has 0 aromatic heterocycles. The Balaban J connectivity index is 1.93. The Morgan fingerprint density at radius 2 is 1.70 bits per heavy atom. The van der Waals surface area contributed by atoms with E-state index in [2.05, 4.69) is 0 Å². The van der Waals surface area contributed by atoms with Gasteiger partial charge >= 0.3 is 0 Å². The van der Waals surface area contributed by atoms with Crippen LogP contribution in [0.4, 0.5) is 0 Å². The van der Waals surface area contributed by atoms with Crippen molar-refractivity contribution in [2.24, 2.45) is 5.41 Å². The van der Waals surface area contributed by atoms with Crippen molar-refractivity contribution < 1.29 is 18.0 Å². The van der Waals surface area contributed by atoms with Crippen molar-refractivity contribution in [3.63, 3.8) is 0 Å². The van der Waals surface area contributed by atoms with Crippen LogP contribution in [0, 0.1) is 5.41 Å². The van der Waals surface area contributed by atoms with Gasteiger partial charge < -0.3 is 0 Å². The monoisotopic (exact) mass is 336 g/mol. The van der Waals surface area contributed by atoms with E-state index in [0.29, 0.717) is 19.5 Å². The average Bonchev–Trinajstić information content (AvgIpc) is 3.08. The molecule has 2 amide bonds. The van der Waals surface area contributed by atoms with Gasteiger partial charge in [-0.3, -0.25) is 14.6 Å². The molecule has 6 nitrogen and oxygen atoms in total. The number of sulfone groups is 1. The van der Waals surface area contributed by atoms with Crippen LogP contribution in [0.3, 0.4) is 0 Å². The van der Waals surface area contributed by atoms with Crippen molar-refractivity contribution in [1.29, 1.82) is 0 Å². The first-order chi connectivity index (χ1) is 10.7. The second-order valence-corrected chi connectivity index (χ2v) is 8.52. The summed E-state index contributed by atoms with van der Waals surface area (Å²) in [6.45, 7) is 2.83. The van der Waals surface area contributed by atoms with Crippen LogP contribution < -0.4 is 0 Å². The summed E-state index contributed by atoms with van der Waals surface area (Å²) in [7, 11) is -3.51. The highest BCUT2D eigenvalue weighted by Gasteiger charge is 2.50. The van der Waals surface area contributed by atoms with E-state index >= 15 is 0 Å². The maximum absolute atomic E-state index is 12.8. The van der Waals surface area contributed by atoms with Crippen LogP contribution in [0.15, 0.2) is 29.2 Å². The van der Waals surface area contributed by atoms with E-state index in [4.69, 9.17) is 0 Å². The SMILES string of the molecule is CC1(C(=O)N2CCCN2C(=O)c2ccccc2S(C)(=O)=O)CC1. The molecule has 0 atom stereocenters. The summed E-state index contributed by atoms with van der Waals surface area (Å²) in [5, 5.41) is 2.89. The number of carbonyl (C=O) groups excluding carboxylic acids is 2. The molecule has 0 radical (unpaired) electrons. The van der Waals surface area contributed by atoms with Gasteiger partial charge in [0.25, 0.3) is 5.91 Å². The predicted octanol–water partition coefficient (Wildman–Crippen LogP) is 1.48. The highest BCUT2D eigenvalue weighted by atomic mass is 32.2. The minimum absolute atomic E-state index is 0.00179. The van der Waals surface area contributed by atoms with Crippen molar-refractivity contribution in [2.45, 2.75) is 31.1 Å². The fraction of sp³-hybridized carbons (Fsp3) is 0.500. The highest BCUT2D eigenvalue weighted by molar-refractivity contribution is 7.90. The number of nitrogens with zero attached hydrogens (tertiary/aromatic N) is 2. The Labute approximate surface area is 136 Å². The number of amides is 2. The van der Waals surface area contributed by atoms with Gasteiger partial charge in [0.1, 0.15) is 0 Å². The van der Waals surface area contributed by atoms with Crippen LogP contribution in [0.25, 0.3) is 0 Å². The molecular formula is C16H20N2O4S. The third-order valence-corrected chi connectivity index (χ3v) is 5.69. The molecule has 1 aromatic rings. The number of carbonyl (C=O) groups is 2. The Bertz CT molecular complexity index is 768. The number of hydrogen-bond acceptors (Lipinski definition) is 4. The molecule has 1 saturated carbocycles. The minimum atomic E-state index is -3.51. The van der Waals surface area contributed by atoms with E-state index in [1.165, 1.54) is 22.2 Å². The van der Waals surface area contributed by atoms with Gasteiger partial charge in [-0.1, -0.05) is 19.1 Å². The molecule has 0 bridgehead atoms. The smallest absolute Gasteiger partial charge is 0.272 e. The normalized spacial score (nSPS) is 19.7. The lowest BCUT2D eigenvalue weighted by atomic mass is 10.1. The van der Waals surface area contributed by atoms with E-state index in [-0.39, 0.29) is 21.8 Å². The molecule has 2 fully saturated rings. The molecule has 1 aliphatic heterocycles. The van der Waals surface area contributed by atoms with E-state index < -0.39 is 15.7 Å². The zero-order chi connectivity index (χ0) is 16.8. The summed E-state index contributed by atoms with van der Waals surface area (Å²) in [6, 6.07) is 6.14. The fourth-order valence-corrected chi connectivity index (χ4v) is 3.73. The topological polar surface area (TPSA) is 74.8 Å². The molecule has 3 rings (SSSR count). The van der Waals surface area contributed by atoms with Gasteiger partial charge in [0.2, 0.25) is 5.91 Å². The Morgan fingerprint density at radius 1 is 1.09 bits per heavy atom. The zero-order valence-corrected chi connectivity index (χ0v) is 14.1. The second kappa shape index (κ2) is 5.33. The molecular weight excluding hydrogens is 316 g/mol. The first kappa shape index (κ1) is 16.0. The molecule has 23 heavy (non-hydrogen) atoms. The molecule has 0 unspecified atom stereocenters. The predicted molar refractivity (Wildman–Crippen MR) is 84.3 cm³/mol. The van der Waals surface area contributed by atoms with E-state index in [0.717, 1.165) is 19.1 Å². The quantitative estimate of drug-likeness (QED) is 0.838. The maximum atomic E-state index is 12.8. The zero-order valence-electron chi connectivity index (χ0n) is 13.3. The summed E-state index contributed by atoms with van der Waals surface area (Å²) in [5.74, 6) is -0.471. The van der Waals surface area contributed by atoms with Crippen LogP contribution in [0.2, 0.25) is 0 Å². The van der Waals surface area contributed by atoms with Gasteiger partial charge in [-0.15, -0.1) is 0 Å². The van der Waals surface area contributed by atoms with Gasteiger partial charge in [-0.05, 0) is 31.4 Å². The Hall–Kier alpha value is -1.89. The second-order valence-electron chi connectivity index (χ2n) is 6.54.